The van der Waals surface area contributed by atoms with E-state index in [1.165, 1.54) is 15.6 Å². The smallest absolute Gasteiger partial charge is 0.188 e. The summed E-state index contributed by atoms with van der Waals surface area (Å²) in [4.78, 5) is 4.22. The first kappa shape index (κ1) is 29.0. The zero-order chi connectivity index (χ0) is 32.5. The predicted molar refractivity (Wildman–Crippen MR) is 201 cm³/mol. The van der Waals surface area contributed by atoms with E-state index in [0.717, 1.165) is 43.8 Å². The summed E-state index contributed by atoms with van der Waals surface area (Å²) in [6.07, 6.45) is 0. The topological polar surface area (TPSA) is 33.1 Å². The van der Waals surface area contributed by atoms with E-state index in [2.05, 4.69) is 167 Å². The average Bonchev–Trinajstić information content (AvgIpc) is 3.50. The van der Waals surface area contributed by atoms with E-state index >= 15 is 0 Å². The third-order valence-electron chi connectivity index (χ3n) is 9.38. The van der Waals surface area contributed by atoms with Crippen LogP contribution in [0.4, 0.5) is 5.69 Å². The van der Waals surface area contributed by atoms with Crippen molar-refractivity contribution in [3.05, 3.63) is 193 Å². The van der Waals surface area contributed by atoms with Gasteiger partial charge in [0.05, 0.1) is 29.2 Å². The maximum Gasteiger partial charge on any atom is 0.188 e. The lowest BCUT2D eigenvalue weighted by molar-refractivity contribution is 1.18. The van der Waals surface area contributed by atoms with Crippen LogP contribution in [-0.4, -0.2) is 12.6 Å². The van der Waals surface area contributed by atoms with Crippen LogP contribution in [0.25, 0.3) is 43.5 Å². The van der Waals surface area contributed by atoms with Gasteiger partial charge in [0.15, 0.2) is 13.8 Å². The van der Waals surface area contributed by atoms with E-state index < -0.39 is 8.07 Å². The molecule has 0 N–H and O–H groups in total. The van der Waals surface area contributed by atoms with Crippen LogP contribution in [0, 0.1) is 17.9 Å². The number of hydrogen-bond donors (Lipinski definition) is 0. The van der Waals surface area contributed by atoms with Crippen molar-refractivity contribution in [2.24, 2.45) is 0 Å². The molecule has 8 aromatic rings. The molecule has 0 saturated carbocycles. The van der Waals surface area contributed by atoms with Crippen molar-refractivity contribution in [1.29, 1.82) is 5.26 Å². The first-order valence-corrected chi connectivity index (χ1v) is 17.9. The normalized spacial score (nSPS) is 11.3. The van der Waals surface area contributed by atoms with Crippen LogP contribution in [0.3, 0.4) is 0 Å². The molecule has 48 heavy (non-hydrogen) atoms. The van der Waals surface area contributed by atoms with Gasteiger partial charge in [0.2, 0.25) is 0 Å². The number of nitriles is 1. The first-order chi connectivity index (χ1) is 23.7. The molecule has 0 atom stereocenters. The molecule has 7 aromatic carbocycles. The van der Waals surface area contributed by atoms with Crippen LogP contribution in [0.15, 0.2) is 176 Å². The van der Waals surface area contributed by atoms with Crippen LogP contribution < -0.4 is 20.7 Å². The summed E-state index contributed by atoms with van der Waals surface area (Å²) in [7, 11) is -2.85. The van der Waals surface area contributed by atoms with Gasteiger partial charge >= 0.3 is 0 Å². The molecule has 4 heteroatoms. The lowest BCUT2D eigenvalue weighted by Gasteiger charge is -2.35. The summed E-state index contributed by atoms with van der Waals surface area (Å²) >= 11 is 0. The molecule has 0 aliphatic rings. The van der Waals surface area contributed by atoms with Crippen LogP contribution in [0.1, 0.15) is 5.56 Å². The van der Waals surface area contributed by atoms with Crippen molar-refractivity contribution in [2.75, 3.05) is 0 Å². The van der Waals surface area contributed by atoms with Gasteiger partial charge in [-0.25, -0.2) is 4.85 Å². The Kier molecular flexibility index (Phi) is 7.27. The minimum atomic E-state index is -2.85. The molecular formula is C44H29N3Si. The molecule has 0 amide bonds. The summed E-state index contributed by atoms with van der Waals surface area (Å²) in [6, 6.07) is 63.7. The molecule has 0 bridgehead atoms. The monoisotopic (exact) mass is 627 g/mol. The molecule has 8 rings (SSSR count). The highest BCUT2D eigenvalue weighted by molar-refractivity contribution is 7.20. The predicted octanol–water partition coefficient (Wildman–Crippen LogP) is 8.25. The van der Waals surface area contributed by atoms with Crippen molar-refractivity contribution in [3.63, 3.8) is 0 Å². The number of aromatic nitrogens is 1. The molecule has 0 aliphatic carbocycles. The van der Waals surface area contributed by atoms with E-state index in [0.29, 0.717) is 11.3 Å². The third-order valence-corrected chi connectivity index (χ3v) is 14.2. The van der Waals surface area contributed by atoms with Gasteiger partial charge in [0.25, 0.3) is 0 Å². The largest absolute Gasteiger partial charge is 0.309 e. The van der Waals surface area contributed by atoms with Crippen LogP contribution in [0.5, 0.6) is 0 Å². The number of benzene rings is 7. The summed E-state index contributed by atoms with van der Waals surface area (Å²) in [5, 5.41) is 16.6. The van der Waals surface area contributed by atoms with Gasteiger partial charge in [-0.05, 0) is 74.3 Å². The number of nitrogens with zero attached hydrogens (tertiary/aromatic N) is 3. The van der Waals surface area contributed by atoms with Gasteiger partial charge in [-0.15, -0.1) is 0 Å². The Hall–Kier alpha value is -6.46. The maximum absolute atomic E-state index is 9.59. The Balaban J connectivity index is 1.33. The summed E-state index contributed by atoms with van der Waals surface area (Å²) in [6.45, 7) is 8.50. The van der Waals surface area contributed by atoms with Gasteiger partial charge in [-0.3, -0.25) is 0 Å². The average molecular weight is 628 g/mol. The summed E-state index contributed by atoms with van der Waals surface area (Å²) < 4.78 is 2.26. The number of fused-ring (bicyclic) bond motifs is 3. The molecular weight excluding hydrogens is 599 g/mol. The van der Waals surface area contributed by atoms with Crippen LogP contribution in [-0.2, 0) is 0 Å². The van der Waals surface area contributed by atoms with Crippen molar-refractivity contribution in [2.45, 2.75) is 0 Å². The van der Waals surface area contributed by atoms with E-state index in [4.69, 9.17) is 6.57 Å². The van der Waals surface area contributed by atoms with Gasteiger partial charge in [-0.1, -0.05) is 133 Å². The summed E-state index contributed by atoms with van der Waals surface area (Å²) in [5.41, 5.74) is 6.51. The van der Waals surface area contributed by atoms with E-state index in [1.807, 2.05) is 24.3 Å². The zero-order valence-corrected chi connectivity index (χ0v) is 27.1. The fraction of sp³-hybridized carbons (Fsp3) is 0. The minimum absolute atomic E-state index is 0.645. The molecule has 0 aliphatic heterocycles. The van der Waals surface area contributed by atoms with Gasteiger partial charge in [0.1, 0.15) is 0 Å². The molecule has 224 valence electrons. The fourth-order valence-corrected chi connectivity index (χ4v) is 12.2. The van der Waals surface area contributed by atoms with Crippen molar-refractivity contribution in [3.8, 4) is 22.9 Å². The van der Waals surface area contributed by atoms with E-state index in [-0.39, 0.29) is 0 Å². The standard InChI is InChI=1S/C44H29N3Si/c1-46-41-30-34(33-14-13-15-35(29-33)47-42-23-12-11-22-39(42)40-28-32(31-45)24-26-43(40)47)25-27-44(41)48(36-16-5-2-6-17-36,37-18-7-3-8-19-37)38-20-9-4-10-21-38/h2-30H. The van der Waals surface area contributed by atoms with Crippen LogP contribution >= 0.6 is 0 Å². The minimum Gasteiger partial charge on any atom is -0.309 e. The van der Waals surface area contributed by atoms with Gasteiger partial charge in [-0.2, -0.15) is 5.26 Å². The van der Waals surface area contributed by atoms with Crippen molar-refractivity contribution >= 4 is 56.3 Å². The first-order valence-electron chi connectivity index (χ1n) is 15.9. The second kappa shape index (κ2) is 12.0. The molecule has 0 saturated heterocycles. The van der Waals surface area contributed by atoms with Gasteiger partial charge in [0, 0.05) is 16.5 Å². The molecule has 0 spiro atoms. The van der Waals surface area contributed by atoms with Crippen molar-refractivity contribution in [1.82, 2.24) is 4.57 Å². The molecule has 1 aromatic heterocycles. The zero-order valence-electron chi connectivity index (χ0n) is 26.1. The number of hydrogen-bond acceptors (Lipinski definition) is 1. The Morgan fingerprint density at radius 1 is 0.521 bits per heavy atom. The Morgan fingerprint density at radius 2 is 1.10 bits per heavy atom. The van der Waals surface area contributed by atoms with Crippen LogP contribution in [0.2, 0.25) is 0 Å². The Morgan fingerprint density at radius 3 is 1.73 bits per heavy atom. The lowest BCUT2D eigenvalue weighted by atomic mass is 10.0. The van der Waals surface area contributed by atoms with Crippen molar-refractivity contribution < 1.29 is 0 Å². The lowest BCUT2D eigenvalue weighted by Crippen LogP contribution is -2.74. The molecule has 0 unspecified atom stereocenters. The maximum atomic E-state index is 9.59. The highest BCUT2D eigenvalue weighted by Crippen LogP contribution is 2.34. The second-order valence-electron chi connectivity index (χ2n) is 11.9. The molecule has 1 heterocycles. The second-order valence-corrected chi connectivity index (χ2v) is 15.7. The van der Waals surface area contributed by atoms with E-state index in [9.17, 15) is 5.26 Å². The third kappa shape index (κ3) is 4.64. The summed E-state index contributed by atoms with van der Waals surface area (Å²) in [5.74, 6) is 0. The quantitative estimate of drug-likeness (QED) is 0.104. The van der Waals surface area contributed by atoms with Gasteiger partial charge < -0.3 is 4.57 Å². The fourth-order valence-electron chi connectivity index (χ4n) is 7.30. The molecule has 0 radical (unpaired) electrons. The highest BCUT2D eigenvalue weighted by atomic mass is 28.3. The van der Waals surface area contributed by atoms with E-state index in [1.54, 1.807) is 0 Å². The molecule has 3 nitrogen and oxygen atoms in total. The SMILES string of the molecule is [C-]#[N+]c1cc(-c2cccc(-n3c4ccccc4c4cc(C#N)ccc43)c2)ccc1[Si](c1ccccc1)(c1ccccc1)c1ccccc1. The Bertz CT molecular complexity index is 2430. The highest BCUT2D eigenvalue weighted by Gasteiger charge is 2.42. The molecule has 0 fully saturated rings. The Labute approximate surface area is 281 Å². The number of para-hydroxylation sites is 1. The number of rotatable bonds is 6.